The average molecular weight is 398 g/mol. The first-order chi connectivity index (χ1) is 13.7. The van der Waals surface area contributed by atoms with Crippen LogP contribution in [0.4, 0.5) is 0 Å². The van der Waals surface area contributed by atoms with Crippen molar-refractivity contribution in [3.8, 4) is 5.75 Å². The van der Waals surface area contributed by atoms with E-state index in [1.165, 1.54) is 0 Å². The van der Waals surface area contributed by atoms with E-state index in [1.54, 1.807) is 11.3 Å². The van der Waals surface area contributed by atoms with Gasteiger partial charge in [-0.3, -0.25) is 4.90 Å². The summed E-state index contributed by atoms with van der Waals surface area (Å²) in [4.78, 5) is 11.2. The summed E-state index contributed by atoms with van der Waals surface area (Å²) in [6.45, 7) is 5.24. The highest BCUT2D eigenvalue weighted by Gasteiger charge is 2.24. The van der Waals surface area contributed by atoms with Crippen molar-refractivity contribution in [2.45, 2.75) is 19.6 Å². The predicted octanol–water partition coefficient (Wildman–Crippen LogP) is 3.16. The SMILES string of the molecule is Cc1nc(COc2cccc(/C=C/c3nc(C4CNCCN4C)no3)c2)cs1. The van der Waals surface area contributed by atoms with Crippen molar-refractivity contribution in [2.75, 3.05) is 26.7 Å². The molecule has 1 aromatic carbocycles. The molecular weight excluding hydrogens is 374 g/mol. The summed E-state index contributed by atoms with van der Waals surface area (Å²) in [7, 11) is 2.08. The lowest BCUT2D eigenvalue weighted by atomic mass is 10.2. The van der Waals surface area contributed by atoms with Crippen molar-refractivity contribution < 1.29 is 9.26 Å². The molecule has 0 spiro atoms. The largest absolute Gasteiger partial charge is 0.487 e. The van der Waals surface area contributed by atoms with Crippen LogP contribution in [0.1, 0.15) is 34.0 Å². The van der Waals surface area contributed by atoms with Gasteiger partial charge in [0.1, 0.15) is 12.4 Å². The number of rotatable bonds is 6. The van der Waals surface area contributed by atoms with Crippen LogP contribution in [0.5, 0.6) is 5.75 Å². The molecule has 1 atom stereocenters. The van der Waals surface area contributed by atoms with E-state index in [9.17, 15) is 0 Å². The second-order valence-electron chi connectivity index (χ2n) is 6.74. The van der Waals surface area contributed by atoms with Crippen LogP contribution in [0.25, 0.3) is 12.2 Å². The van der Waals surface area contributed by atoms with Crippen molar-refractivity contribution in [1.29, 1.82) is 0 Å². The molecule has 3 aromatic rings. The van der Waals surface area contributed by atoms with Gasteiger partial charge in [-0.15, -0.1) is 11.3 Å². The number of hydrogen-bond acceptors (Lipinski definition) is 8. The molecule has 3 heterocycles. The van der Waals surface area contributed by atoms with Gasteiger partial charge in [0.2, 0.25) is 0 Å². The smallest absolute Gasteiger partial charge is 0.250 e. The standard InChI is InChI=1S/C20H23N5O2S/c1-14-22-16(13-28-14)12-26-17-5-3-4-15(10-17)6-7-19-23-20(24-27-19)18-11-21-8-9-25(18)2/h3-7,10,13,18,21H,8-9,11-12H2,1-2H3/b7-6+. The first-order valence-corrected chi connectivity index (χ1v) is 10.1. The highest BCUT2D eigenvalue weighted by Crippen LogP contribution is 2.20. The molecule has 1 unspecified atom stereocenters. The van der Waals surface area contributed by atoms with E-state index in [1.807, 2.05) is 48.7 Å². The Morgan fingerprint density at radius 2 is 2.29 bits per heavy atom. The molecule has 8 heteroatoms. The summed E-state index contributed by atoms with van der Waals surface area (Å²) in [6, 6.07) is 8.03. The molecule has 0 aliphatic carbocycles. The zero-order valence-electron chi connectivity index (χ0n) is 16.0. The van der Waals surface area contributed by atoms with Crippen molar-refractivity contribution in [2.24, 2.45) is 0 Å². The topological polar surface area (TPSA) is 76.3 Å². The Bertz CT molecular complexity index is 951. The van der Waals surface area contributed by atoms with Crippen LogP contribution in [0, 0.1) is 6.92 Å². The summed E-state index contributed by atoms with van der Waals surface area (Å²) in [5, 5.41) is 10.6. The maximum atomic E-state index is 5.84. The molecule has 0 radical (unpaired) electrons. The number of thiazole rings is 1. The van der Waals surface area contributed by atoms with Crippen molar-refractivity contribution in [3.63, 3.8) is 0 Å². The van der Waals surface area contributed by atoms with Gasteiger partial charge in [0.15, 0.2) is 5.82 Å². The Balaban J connectivity index is 1.39. The molecule has 0 bridgehead atoms. The predicted molar refractivity (Wildman–Crippen MR) is 109 cm³/mol. The van der Waals surface area contributed by atoms with E-state index in [-0.39, 0.29) is 6.04 Å². The molecule has 4 rings (SSSR count). The van der Waals surface area contributed by atoms with Gasteiger partial charge >= 0.3 is 0 Å². The highest BCUT2D eigenvalue weighted by atomic mass is 32.1. The minimum absolute atomic E-state index is 0.144. The van der Waals surface area contributed by atoms with Gasteiger partial charge in [-0.25, -0.2) is 4.98 Å². The molecule has 1 aliphatic heterocycles. The van der Waals surface area contributed by atoms with Gasteiger partial charge in [-0.05, 0) is 37.7 Å². The number of piperazine rings is 1. The Kier molecular flexibility index (Phi) is 5.80. The van der Waals surface area contributed by atoms with E-state index in [0.717, 1.165) is 41.6 Å². The van der Waals surface area contributed by atoms with E-state index < -0.39 is 0 Å². The first kappa shape index (κ1) is 18.8. The molecule has 7 nitrogen and oxygen atoms in total. The number of nitrogens with zero attached hydrogens (tertiary/aromatic N) is 4. The fourth-order valence-corrected chi connectivity index (χ4v) is 3.65. The number of ether oxygens (including phenoxy) is 1. The Morgan fingerprint density at radius 3 is 3.11 bits per heavy atom. The van der Waals surface area contributed by atoms with Crippen LogP contribution < -0.4 is 10.1 Å². The van der Waals surface area contributed by atoms with Gasteiger partial charge in [-0.2, -0.15) is 4.98 Å². The summed E-state index contributed by atoms with van der Waals surface area (Å²) < 4.78 is 11.2. The third kappa shape index (κ3) is 4.64. The van der Waals surface area contributed by atoms with Crippen molar-refractivity contribution >= 4 is 23.5 Å². The monoisotopic (exact) mass is 397 g/mol. The Morgan fingerprint density at radius 1 is 1.36 bits per heavy atom. The third-order valence-corrected chi connectivity index (χ3v) is 5.42. The average Bonchev–Trinajstić information content (AvgIpc) is 3.34. The lowest BCUT2D eigenvalue weighted by Crippen LogP contribution is -2.44. The second-order valence-corrected chi connectivity index (χ2v) is 7.81. The maximum absolute atomic E-state index is 5.84. The van der Waals surface area contributed by atoms with Crippen LogP contribution in [-0.2, 0) is 6.61 Å². The number of hydrogen-bond donors (Lipinski definition) is 1. The number of nitrogens with one attached hydrogen (secondary N) is 1. The van der Waals surface area contributed by atoms with Crippen LogP contribution >= 0.6 is 11.3 Å². The summed E-state index contributed by atoms with van der Waals surface area (Å²) >= 11 is 1.63. The zero-order valence-corrected chi connectivity index (χ0v) is 16.8. The van der Waals surface area contributed by atoms with Crippen LogP contribution in [-0.4, -0.2) is 46.7 Å². The lowest BCUT2D eigenvalue weighted by Gasteiger charge is -2.30. The minimum atomic E-state index is 0.144. The number of aryl methyl sites for hydroxylation is 1. The molecule has 1 N–H and O–H groups in total. The fourth-order valence-electron chi connectivity index (χ4n) is 3.05. The van der Waals surface area contributed by atoms with E-state index >= 15 is 0 Å². The van der Waals surface area contributed by atoms with E-state index in [2.05, 4.69) is 32.4 Å². The fraction of sp³-hybridized carbons (Fsp3) is 0.350. The minimum Gasteiger partial charge on any atom is -0.487 e. The lowest BCUT2D eigenvalue weighted by molar-refractivity contribution is 0.190. The van der Waals surface area contributed by atoms with E-state index in [4.69, 9.17) is 9.26 Å². The van der Waals surface area contributed by atoms with Crippen molar-refractivity contribution in [3.05, 3.63) is 57.6 Å². The Hall–Kier alpha value is -2.55. The molecular formula is C20H23N5O2S. The normalized spacial score (nSPS) is 18.0. The van der Waals surface area contributed by atoms with Gasteiger partial charge in [-0.1, -0.05) is 17.3 Å². The quantitative estimate of drug-likeness (QED) is 0.685. The summed E-state index contributed by atoms with van der Waals surface area (Å²) in [6.07, 6.45) is 3.77. The molecule has 1 saturated heterocycles. The van der Waals surface area contributed by atoms with Crippen molar-refractivity contribution in [1.82, 2.24) is 25.3 Å². The Labute approximate surface area is 168 Å². The van der Waals surface area contributed by atoms with Crippen LogP contribution in [0.15, 0.2) is 34.2 Å². The molecule has 1 aliphatic rings. The molecule has 0 saturated carbocycles. The molecule has 2 aromatic heterocycles. The highest BCUT2D eigenvalue weighted by molar-refractivity contribution is 7.09. The first-order valence-electron chi connectivity index (χ1n) is 9.24. The van der Waals surface area contributed by atoms with Gasteiger partial charge < -0.3 is 14.6 Å². The molecule has 0 amide bonds. The van der Waals surface area contributed by atoms with Crippen LogP contribution in [0.2, 0.25) is 0 Å². The van der Waals surface area contributed by atoms with Gasteiger partial charge in [0.05, 0.1) is 16.7 Å². The maximum Gasteiger partial charge on any atom is 0.250 e. The molecule has 1 fully saturated rings. The molecule has 28 heavy (non-hydrogen) atoms. The second kappa shape index (κ2) is 8.64. The third-order valence-electron chi connectivity index (χ3n) is 4.60. The summed E-state index contributed by atoms with van der Waals surface area (Å²) in [5.41, 5.74) is 1.95. The number of aromatic nitrogens is 3. The number of benzene rings is 1. The molecule has 146 valence electrons. The van der Waals surface area contributed by atoms with E-state index in [0.29, 0.717) is 18.3 Å². The zero-order chi connectivity index (χ0) is 19.3. The number of likely N-dealkylation sites (N-methyl/N-ethyl adjacent to an activating group) is 1. The summed E-state index contributed by atoms with van der Waals surface area (Å²) in [5.74, 6) is 2.01. The van der Waals surface area contributed by atoms with Gasteiger partial charge in [0.25, 0.3) is 5.89 Å². The van der Waals surface area contributed by atoms with Gasteiger partial charge in [0, 0.05) is 31.1 Å². The van der Waals surface area contributed by atoms with Crippen LogP contribution in [0.3, 0.4) is 0 Å².